The molecule has 0 fully saturated rings. The number of rotatable bonds is 4. The van der Waals surface area contributed by atoms with Crippen LogP contribution in [0.5, 0.6) is 0 Å². The average Bonchev–Trinajstić information content (AvgIpc) is 3.85. The lowest BCUT2D eigenvalue weighted by atomic mass is 9.87. The first-order valence-electron chi connectivity index (χ1n) is 17.6. The monoisotopic (exact) mass is 649 g/mol. The van der Waals surface area contributed by atoms with Gasteiger partial charge >= 0.3 is 0 Å². The van der Waals surface area contributed by atoms with E-state index in [-0.39, 0.29) is 5.92 Å². The molecule has 0 saturated carbocycles. The molecule has 2 nitrogen and oxygen atoms in total. The summed E-state index contributed by atoms with van der Waals surface area (Å²) in [5.74, 6) is 0.187. The number of para-hydroxylation sites is 2. The highest BCUT2D eigenvalue weighted by atomic mass is 16.3. The van der Waals surface area contributed by atoms with E-state index in [9.17, 15) is 0 Å². The molecule has 1 aliphatic rings. The molecule has 0 saturated heterocycles. The molecule has 0 spiro atoms. The summed E-state index contributed by atoms with van der Waals surface area (Å²) in [6.07, 6.45) is 0. The van der Waals surface area contributed by atoms with Gasteiger partial charge in [0.1, 0.15) is 11.2 Å². The standard InChI is InChI=1S/C49H31NO/c1-3-12-31(13-4-1)32-14-11-15-35(28-32)47-38-19-8-7-18-37(38)42-29-33(22-24-39(42)47)34-23-26-44-43(30-34)40-25-27-46-48(41-20-9-10-21-45(41)51-46)49(40)50(44)36-16-5-2-6-17-36/h1-30,47H. The van der Waals surface area contributed by atoms with Crippen LogP contribution < -0.4 is 0 Å². The van der Waals surface area contributed by atoms with Crippen LogP contribution in [0.2, 0.25) is 0 Å². The molecule has 0 N–H and O–H groups in total. The van der Waals surface area contributed by atoms with Crippen LogP contribution in [0.4, 0.5) is 0 Å². The zero-order valence-corrected chi connectivity index (χ0v) is 27.8. The first-order chi connectivity index (χ1) is 25.3. The SMILES string of the molecule is c1ccc(-c2cccc(C3c4ccccc4-c4cc(-c5ccc6c(c5)c5ccc7oc8ccccc8c7c5n6-c5ccccc5)ccc43)c2)cc1. The molecule has 2 heterocycles. The lowest BCUT2D eigenvalue weighted by molar-refractivity contribution is 0.669. The van der Waals surface area contributed by atoms with Gasteiger partial charge in [0.25, 0.3) is 0 Å². The maximum Gasteiger partial charge on any atom is 0.137 e. The van der Waals surface area contributed by atoms with Crippen LogP contribution in [0, 0.1) is 0 Å². The first-order valence-corrected chi connectivity index (χ1v) is 17.6. The number of fused-ring (bicyclic) bond motifs is 10. The van der Waals surface area contributed by atoms with E-state index in [2.05, 4.69) is 180 Å². The summed E-state index contributed by atoms with van der Waals surface area (Å²) in [5.41, 5.74) is 16.9. The van der Waals surface area contributed by atoms with Gasteiger partial charge in [0.15, 0.2) is 0 Å². The number of benzene rings is 8. The second-order valence-electron chi connectivity index (χ2n) is 13.6. The fourth-order valence-corrected chi connectivity index (χ4v) is 8.61. The third-order valence-corrected chi connectivity index (χ3v) is 10.9. The van der Waals surface area contributed by atoms with E-state index in [1.165, 1.54) is 71.9 Å². The molecule has 1 unspecified atom stereocenters. The highest BCUT2D eigenvalue weighted by molar-refractivity contribution is 6.24. The van der Waals surface area contributed by atoms with Gasteiger partial charge in [-0.15, -0.1) is 0 Å². The van der Waals surface area contributed by atoms with Crippen LogP contribution in [0.3, 0.4) is 0 Å². The number of furan rings is 1. The Bertz CT molecular complexity index is 2970. The molecule has 10 aromatic rings. The summed E-state index contributed by atoms with van der Waals surface area (Å²) in [6.45, 7) is 0. The van der Waals surface area contributed by atoms with Gasteiger partial charge in [-0.05, 0) is 98.6 Å². The van der Waals surface area contributed by atoms with Crippen molar-refractivity contribution >= 4 is 43.7 Å². The lowest BCUT2D eigenvalue weighted by Crippen LogP contribution is -1.99. The van der Waals surface area contributed by atoms with Crippen molar-refractivity contribution in [1.82, 2.24) is 4.57 Å². The molecule has 2 aromatic heterocycles. The minimum absolute atomic E-state index is 0.187. The number of nitrogens with zero attached hydrogens (tertiary/aromatic N) is 1. The van der Waals surface area contributed by atoms with Crippen LogP contribution in [0.1, 0.15) is 22.6 Å². The maximum absolute atomic E-state index is 6.37. The smallest absolute Gasteiger partial charge is 0.137 e. The molecule has 0 bridgehead atoms. The Morgan fingerprint density at radius 3 is 2.02 bits per heavy atom. The van der Waals surface area contributed by atoms with Gasteiger partial charge in [0, 0.05) is 27.8 Å². The molecule has 0 aliphatic heterocycles. The van der Waals surface area contributed by atoms with Crippen molar-refractivity contribution in [3.63, 3.8) is 0 Å². The normalized spacial score (nSPS) is 13.7. The molecule has 1 aliphatic carbocycles. The Labute approximate surface area is 295 Å². The molecule has 1 atom stereocenters. The third kappa shape index (κ3) is 4.23. The second kappa shape index (κ2) is 10.9. The van der Waals surface area contributed by atoms with Gasteiger partial charge in [-0.2, -0.15) is 0 Å². The molecule has 238 valence electrons. The largest absolute Gasteiger partial charge is 0.456 e. The molecule has 11 rings (SSSR count). The fourth-order valence-electron chi connectivity index (χ4n) is 8.61. The quantitative estimate of drug-likeness (QED) is 0.186. The molecule has 8 aromatic carbocycles. The van der Waals surface area contributed by atoms with Gasteiger partial charge < -0.3 is 8.98 Å². The summed E-state index contributed by atoms with van der Waals surface area (Å²) >= 11 is 0. The molecular weight excluding hydrogens is 619 g/mol. The summed E-state index contributed by atoms with van der Waals surface area (Å²) < 4.78 is 8.78. The topological polar surface area (TPSA) is 18.1 Å². The zero-order chi connectivity index (χ0) is 33.5. The van der Waals surface area contributed by atoms with Crippen LogP contribution in [-0.4, -0.2) is 4.57 Å². The Kier molecular flexibility index (Phi) is 6.05. The van der Waals surface area contributed by atoms with E-state index in [1.807, 2.05) is 6.07 Å². The van der Waals surface area contributed by atoms with E-state index >= 15 is 0 Å². The summed E-state index contributed by atoms with van der Waals surface area (Å²) in [4.78, 5) is 0. The van der Waals surface area contributed by atoms with E-state index in [4.69, 9.17) is 4.42 Å². The van der Waals surface area contributed by atoms with E-state index in [0.29, 0.717) is 0 Å². The molecule has 0 radical (unpaired) electrons. The van der Waals surface area contributed by atoms with E-state index in [1.54, 1.807) is 0 Å². The number of hydrogen-bond donors (Lipinski definition) is 0. The number of aromatic nitrogens is 1. The summed E-state index contributed by atoms with van der Waals surface area (Å²) in [7, 11) is 0. The minimum Gasteiger partial charge on any atom is -0.456 e. The van der Waals surface area contributed by atoms with Crippen LogP contribution in [-0.2, 0) is 0 Å². The molecule has 51 heavy (non-hydrogen) atoms. The molecule has 2 heteroatoms. The fraction of sp³-hybridized carbons (Fsp3) is 0.0204. The maximum atomic E-state index is 6.37. The Balaban J connectivity index is 1.10. The van der Waals surface area contributed by atoms with E-state index < -0.39 is 0 Å². The number of hydrogen-bond acceptors (Lipinski definition) is 1. The highest BCUT2D eigenvalue weighted by Crippen LogP contribution is 2.50. The lowest BCUT2D eigenvalue weighted by Gasteiger charge is -2.16. The second-order valence-corrected chi connectivity index (χ2v) is 13.6. The Morgan fingerprint density at radius 2 is 1.12 bits per heavy atom. The predicted molar refractivity (Wildman–Crippen MR) is 212 cm³/mol. The minimum atomic E-state index is 0.187. The average molecular weight is 650 g/mol. The van der Waals surface area contributed by atoms with Crippen molar-refractivity contribution in [3.8, 4) is 39.1 Å². The van der Waals surface area contributed by atoms with Crippen molar-refractivity contribution in [2.45, 2.75) is 5.92 Å². The Morgan fingerprint density at radius 1 is 0.412 bits per heavy atom. The van der Waals surface area contributed by atoms with Crippen LogP contribution >= 0.6 is 0 Å². The van der Waals surface area contributed by atoms with Gasteiger partial charge in [-0.25, -0.2) is 0 Å². The Hall–Kier alpha value is -6.64. The van der Waals surface area contributed by atoms with Crippen molar-refractivity contribution in [2.24, 2.45) is 0 Å². The predicted octanol–water partition coefficient (Wildman–Crippen LogP) is 13.2. The molecular formula is C49H31NO. The van der Waals surface area contributed by atoms with Crippen LogP contribution in [0.25, 0.3) is 82.8 Å². The van der Waals surface area contributed by atoms with Gasteiger partial charge in [-0.3, -0.25) is 0 Å². The van der Waals surface area contributed by atoms with Crippen molar-refractivity contribution in [3.05, 3.63) is 199 Å². The highest BCUT2D eigenvalue weighted by Gasteiger charge is 2.30. The molecule has 0 amide bonds. The zero-order valence-electron chi connectivity index (χ0n) is 27.8. The first kappa shape index (κ1) is 28.2. The third-order valence-electron chi connectivity index (χ3n) is 10.9. The van der Waals surface area contributed by atoms with Gasteiger partial charge in [-0.1, -0.05) is 133 Å². The summed E-state index contributed by atoms with van der Waals surface area (Å²) in [5, 5.41) is 4.75. The van der Waals surface area contributed by atoms with Crippen LogP contribution in [0.15, 0.2) is 186 Å². The van der Waals surface area contributed by atoms with Crippen molar-refractivity contribution < 1.29 is 4.42 Å². The van der Waals surface area contributed by atoms with Crippen molar-refractivity contribution in [1.29, 1.82) is 0 Å². The summed E-state index contributed by atoms with van der Waals surface area (Å²) in [6, 6.07) is 66.2. The van der Waals surface area contributed by atoms with Crippen molar-refractivity contribution in [2.75, 3.05) is 0 Å². The van der Waals surface area contributed by atoms with E-state index in [0.717, 1.165) is 27.6 Å². The van der Waals surface area contributed by atoms with Gasteiger partial charge in [0.05, 0.1) is 16.4 Å². The van der Waals surface area contributed by atoms with Gasteiger partial charge in [0.2, 0.25) is 0 Å².